The third-order valence-corrected chi connectivity index (χ3v) is 7.22. The third-order valence-electron chi connectivity index (χ3n) is 5.46. The van der Waals surface area contributed by atoms with E-state index < -0.39 is 15.6 Å². The fraction of sp³-hybridized carbons (Fsp3) is 0.391. The molecule has 7 nitrogen and oxygen atoms in total. The molecule has 0 atom stereocenters. The minimum atomic E-state index is -3.76. The molecule has 0 radical (unpaired) electrons. The fourth-order valence-electron chi connectivity index (χ4n) is 4.15. The Morgan fingerprint density at radius 1 is 1.13 bits per heavy atom. The van der Waals surface area contributed by atoms with Gasteiger partial charge >= 0.3 is 0 Å². The standard InChI is InChI=1S/C23H28N4O3S/c1-23(2,3)26-31(29,30)18-10-6-7-15(13-18)22(28)21-19-12-11-16(24)14-20(19)27(25-21)17-8-4-5-9-17/h6-7,10-14,17,26H,4-5,8-9,24H2,1-3H3. The van der Waals surface area contributed by atoms with Crippen molar-refractivity contribution in [2.24, 2.45) is 0 Å². The summed E-state index contributed by atoms with van der Waals surface area (Å²) in [6.07, 6.45) is 4.31. The minimum absolute atomic E-state index is 0.0528. The number of nitrogens with one attached hydrogen (secondary N) is 1. The zero-order valence-electron chi connectivity index (χ0n) is 18.1. The van der Waals surface area contributed by atoms with Gasteiger partial charge in [0.2, 0.25) is 15.8 Å². The summed E-state index contributed by atoms with van der Waals surface area (Å²) >= 11 is 0. The van der Waals surface area contributed by atoms with Crippen LogP contribution in [0.15, 0.2) is 47.4 Å². The van der Waals surface area contributed by atoms with Crippen LogP contribution in [0, 0.1) is 0 Å². The molecule has 2 aromatic carbocycles. The van der Waals surface area contributed by atoms with Crippen molar-refractivity contribution in [1.29, 1.82) is 0 Å². The van der Waals surface area contributed by atoms with Crippen molar-refractivity contribution < 1.29 is 13.2 Å². The Kier molecular flexibility index (Phi) is 5.39. The van der Waals surface area contributed by atoms with Crippen LogP contribution in [-0.4, -0.2) is 29.5 Å². The van der Waals surface area contributed by atoms with Gasteiger partial charge in [0.25, 0.3) is 0 Å². The number of fused-ring (bicyclic) bond motifs is 1. The second-order valence-corrected chi connectivity index (χ2v) is 10.9. The van der Waals surface area contributed by atoms with Gasteiger partial charge in [-0.3, -0.25) is 9.48 Å². The van der Waals surface area contributed by atoms with Gasteiger partial charge in [0.05, 0.1) is 16.5 Å². The summed E-state index contributed by atoms with van der Waals surface area (Å²) in [4.78, 5) is 13.5. The molecule has 164 valence electrons. The number of hydrogen-bond donors (Lipinski definition) is 2. The molecule has 1 aromatic heterocycles. The Balaban J connectivity index is 1.77. The summed E-state index contributed by atoms with van der Waals surface area (Å²) in [7, 11) is -3.76. The molecular formula is C23H28N4O3S. The van der Waals surface area contributed by atoms with Gasteiger partial charge in [0.15, 0.2) is 0 Å². The molecule has 0 bridgehead atoms. The Hall–Kier alpha value is -2.71. The topological polar surface area (TPSA) is 107 Å². The van der Waals surface area contributed by atoms with Crippen molar-refractivity contribution in [3.63, 3.8) is 0 Å². The zero-order valence-corrected chi connectivity index (χ0v) is 18.9. The number of hydrogen-bond acceptors (Lipinski definition) is 5. The number of carbonyl (C=O) groups is 1. The highest BCUT2D eigenvalue weighted by Gasteiger charge is 2.26. The van der Waals surface area contributed by atoms with Gasteiger partial charge in [-0.15, -0.1) is 0 Å². The largest absolute Gasteiger partial charge is 0.399 e. The summed E-state index contributed by atoms with van der Waals surface area (Å²) in [5, 5.41) is 5.42. The summed E-state index contributed by atoms with van der Waals surface area (Å²) in [5.41, 5.74) is 7.44. The van der Waals surface area contributed by atoms with Gasteiger partial charge in [-0.2, -0.15) is 5.10 Å². The summed E-state index contributed by atoms with van der Waals surface area (Å²) in [6, 6.07) is 11.8. The Labute approximate surface area is 182 Å². The van der Waals surface area contributed by atoms with Crippen molar-refractivity contribution in [1.82, 2.24) is 14.5 Å². The lowest BCUT2D eigenvalue weighted by Crippen LogP contribution is -2.40. The van der Waals surface area contributed by atoms with E-state index >= 15 is 0 Å². The molecule has 1 aliphatic rings. The van der Waals surface area contributed by atoms with Crippen LogP contribution >= 0.6 is 0 Å². The predicted molar refractivity (Wildman–Crippen MR) is 122 cm³/mol. The van der Waals surface area contributed by atoms with Gasteiger partial charge in [0.1, 0.15) is 5.69 Å². The molecule has 3 aromatic rings. The summed E-state index contributed by atoms with van der Waals surface area (Å²) in [6.45, 7) is 5.31. The van der Waals surface area contributed by atoms with Crippen molar-refractivity contribution in [3.05, 3.63) is 53.7 Å². The molecule has 0 saturated heterocycles. The van der Waals surface area contributed by atoms with Gasteiger partial charge in [-0.05, 0) is 63.9 Å². The quantitative estimate of drug-likeness (QED) is 0.460. The zero-order chi connectivity index (χ0) is 22.4. The first-order valence-corrected chi connectivity index (χ1v) is 12.0. The molecule has 0 unspecified atom stereocenters. The van der Waals surface area contributed by atoms with Crippen LogP contribution in [0.25, 0.3) is 10.9 Å². The maximum Gasteiger partial charge on any atom is 0.241 e. The molecular weight excluding hydrogens is 412 g/mol. The molecule has 0 aliphatic heterocycles. The average molecular weight is 441 g/mol. The average Bonchev–Trinajstić information content (AvgIpc) is 3.33. The van der Waals surface area contributed by atoms with Crippen LogP contribution in [-0.2, 0) is 10.0 Å². The lowest BCUT2D eigenvalue weighted by atomic mass is 10.1. The van der Waals surface area contributed by atoms with Crippen LogP contribution in [0.5, 0.6) is 0 Å². The minimum Gasteiger partial charge on any atom is -0.399 e. The number of anilines is 1. The van der Waals surface area contributed by atoms with E-state index in [9.17, 15) is 13.2 Å². The van der Waals surface area contributed by atoms with Crippen molar-refractivity contribution in [3.8, 4) is 0 Å². The summed E-state index contributed by atoms with van der Waals surface area (Å²) < 4.78 is 30.0. The third kappa shape index (κ3) is 4.36. The smallest absolute Gasteiger partial charge is 0.241 e. The fourth-order valence-corrected chi connectivity index (χ4v) is 5.62. The molecule has 8 heteroatoms. The van der Waals surface area contributed by atoms with Crippen LogP contribution in [0.3, 0.4) is 0 Å². The van der Waals surface area contributed by atoms with E-state index in [0.29, 0.717) is 11.4 Å². The lowest BCUT2D eigenvalue weighted by Gasteiger charge is -2.20. The van der Waals surface area contributed by atoms with Gasteiger partial charge in [-0.25, -0.2) is 13.1 Å². The highest BCUT2D eigenvalue weighted by atomic mass is 32.2. The number of carbonyl (C=O) groups excluding carboxylic acids is 1. The van der Waals surface area contributed by atoms with E-state index in [4.69, 9.17) is 5.73 Å². The first-order chi connectivity index (χ1) is 14.5. The van der Waals surface area contributed by atoms with Crippen LogP contribution in [0.1, 0.15) is 68.5 Å². The van der Waals surface area contributed by atoms with E-state index in [1.165, 1.54) is 12.1 Å². The van der Waals surface area contributed by atoms with Crippen LogP contribution < -0.4 is 10.5 Å². The van der Waals surface area contributed by atoms with Crippen LogP contribution in [0.4, 0.5) is 5.69 Å². The Morgan fingerprint density at radius 3 is 2.52 bits per heavy atom. The Morgan fingerprint density at radius 2 is 1.84 bits per heavy atom. The second-order valence-electron chi connectivity index (χ2n) is 9.22. The van der Waals surface area contributed by atoms with E-state index in [1.807, 2.05) is 16.8 Å². The first kappa shape index (κ1) is 21.5. The lowest BCUT2D eigenvalue weighted by molar-refractivity contribution is 0.103. The molecule has 1 aliphatic carbocycles. The van der Waals surface area contributed by atoms with Gasteiger partial charge in [-0.1, -0.05) is 25.0 Å². The number of nitrogen functional groups attached to an aromatic ring is 1. The molecule has 1 saturated carbocycles. The van der Waals surface area contributed by atoms with E-state index in [0.717, 1.165) is 36.6 Å². The molecule has 4 rings (SSSR count). The molecule has 0 spiro atoms. The molecule has 0 amide bonds. The molecule has 3 N–H and O–H groups in total. The first-order valence-electron chi connectivity index (χ1n) is 10.5. The van der Waals surface area contributed by atoms with Gasteiger partial charge in [0, 0.05) is 22.2 Å². The highest BCUT2D eigenvalue weighted by Crippen LogP contribution is 2.34. The second kappa shape index (κ2) is 7.76. The maximum atomic E-state index is 13.4. The predicted octanol–water partition coefficient (Wildman–Crippen LogP) is 4.04. The number of nitrogens with zero attached hydrogens (tertiary/aromatic N) is 2. The van der Waals surface area contributed by atoms with Crippen molar-refractivity contribution in [2.45, 2.75) is 62.9 Å². The maximum absolute atomic E-state index is 13.4. The van der Waals surface area contributed by atoms with E-state index in [1.54, 1.807) is 39.0 Å². The normalized spacial score (nSPS) is 15.6. The van der Waals surface area contributed by atoms with Gasteiger partial charge < -0.3 is 5.73 Å². The van der Waals surface area contributed by atoms with Crippen molar-refractivity contribution in [2.75, 3.05) is 5.73 Å². The monoisotopic (exact) mass is 440 g/mol. The number of nitrogens with two attached hydrogens (primary N) is 1. The molecule has 1 heterocycles. The molecule has 1 fully saturated rings. The SMILES string of the molecule is CC(C)(C)NS(=O)(=O)c1cccc(C(=O)c2nn(C3CCCC3)c3cc(N)ccc23)c1. The van der Waals surface area contributed by atoms with Crippen LogP contribution in [0.2, 0.25) is 0 Å². The van der Waals surface area contributed by atoms with E-state index in [-0.39, 0.29) is 22.3 Å². The molecule has 31 heavy (non-hydrogen) atoms. The number of rotatable bonds is 5. The number of ketones is 1. The van der Waals surface area contributed by atoms with E-state index in [2.05, 4.69) is 9.82 Å². The number of sulfonamides is 1. The number of aromatic nitrogens is 2. The summed E-state index contributed by atoms with van der Waals surface area (Å²) in [5.74, 6) is -0.306. The highest BCUT2D eigenvalue weighted by molar-refractivity contribution is 7.89. The Bertz CT molecular complexity index is 1250. The van der Waals surface area contributed by atoms with Crippen molar-refractivity contribution >= 4 is 32.4 Å². The number of benzene rings is 2.